The van der Waals surface area contributed by atoms with E-state index < -0.39 is 35.5 Å². The van der Waals surface area contributed by atoms with E-state index in [0.29, 0.717) is 5.56 Å². The summed E-state index contributed by atoms with van der Waals surface area (Å²) in [6.07, 6.45) is 1.74. The number of benzene rings is 1. The Hall–Kier alpha value is -3.10. The molecule has 0 aliphatic heterocycles. The number of hydrogen-bond donors (Lipinski definition) is 2. The first-order valence-corrected chi connectivity index (χ1v) is 11.1. The molecule has 0 aromatic heterocycles. The van der Waals surface area contributed by atoms with Crippen LogP contribution >= 0.6 is 0 Å². The number of nitrogens with zero attached hydrogens (tertiary/aromatic N) is 1. The number of ether oxygens (including phenoxy) is 2. The van der Waals surface area contributed by atoms with Gasteiger partial charge in [0, 0.05) is 6.04 Å². The molecule has 9 nitrogen and oxygen atoms in total. The molecule has 0 heterocycles. The zero-order valence-electron chi connectivity index (χ0n) is 20.3. The summed E-state index contributed by atoms with van der Waals surface area (Å²) in [5.41, 5.74) is 1.71. The van der Waals surface area contributed by atoms with Crippen LogP contribution in [0.3, 0.4) is 0 Å². The normalized spacial score (nSPS) is 14.5. The largest absolute Gasteiger partial charge is 0.468 e. The molecule has 182 valence electrons. The Morgan fingerprint density at radius 2 is 1.67 bits per heavy atom. The summed E-state index contributed by atoms with van der Waals surface area (Å²) in [5, 5.41) is 5.10. The summed E-state index contributed by atoms with van der Waals surface area (Å²) < 4.78 is 9.86. The monoisotopic (exact) mass is 461 g/mol. The van der Waals surface area contributed by atoms with Crippen molar-refractivity contribution in [2.75, 3.05) is 20.2 Å². The quantitative estimate of drug-likeness (QED) is 0.575. The number of esters is 1. The zero-order chi connectivity index (χ0) is 24.8. The molecule has 0 radical (unpaired) electrons. The Morgan fingerprint density at radius 1 is 1.06 bits per heavy atom. The number of methoxy groups -OCH3 is 1. The van der Waals surface area contributed by atoms with E-state index in [1.807, 2.05) is 32.0 Å². The lowest BCUT2D eigenvalue weighted by Crippen LogP contribution is -2.54. The predicted molar refractivity (Wildman–Crippen MR) is 122 cm³/mol. The second kappa shape index (κ2) is 11.2. The van der Waals surface area contributed by atoms with Crippen LogP contribution in [0.25, 0.3) is 0 Å². The fourth-order valence-corrected chi connectivity index (χ4v) is 3.76. The van der Waals surface area contributed by atoms with E-state index >= 15 is 0 Å². The molecule has 1 saturated carbocycles. The van der Waals surface area contributed by atoms with E-state index in [0.717, 1.165) is 30.4 Å². The van der Waals surface area contributed by atoms with E-state index in [-0.39, 0.29) is 19.1 Å². The summed E-state index contributed by atoms with van der Waals surface area (Å²) in [7, 11) is 1.24. The minimum atomic E-state index is -0.950. The Labute approximate surface area is 195 Å². The highest BCUT2D eigenvalue weighted by molar-refractivity contribution is 5.92. The molecule has 1 fully saturated rings. The Balaban J connectivity index is 2.36. The highest BCUT2D eigenvalue weighted by Gasteiger charge is 2.40. The van der Waals surface area contributed by atoms with Gasteiger partial charge in [0.15, 0.2) is 0 Å². The van der Waals surface area contributed by atoms with Crippen molar-refractivity contribution in [1.82, 2.24) is 15.5 Å². The summed E-state index contributed by atoms with van der Waals surface area (Å²) in [5.74, 6) is -1.46. The number of nitrogens with one attached hydrogen (secondary N) is 2. The van der Waals surface area contributed by atoms with Gasteiger partial charge >= 0.3 is 12.1 Å². The highest BCUT2D eigenvalue weighted by atomic mass is 16.6. The Kier molecular flexibility index (Phi) is 8.84. The van der Waals surface area contributed by atoms with Crippen LogP contribution in [0, 0.1) is 13.8 Å². The van der Waals surface area contributed by atoms with Gasteiger partial charge in [-0.15, -0.1) is 0 Å². The lowest BCUT2D eigenvalue weighted by Gasteiger charge is -2.42. The maximum atomic E-state index is 13.4. The van der Waals surface area contributed by atoms with Crippen molar-refractivity contribution in [3.05, 3.63) is 34.9 Å². The highest BCUT2D eigenvalue weighted by Crippen LogP contribution is 2.35. The summed E-state index contributed by atoms with van der Waals surface area (Å²) in [4.78, 5) is 52.0. The van der Waals surface area contributed by atoms with Gasteiger partial charge in [-0.05, 0) is 70.6 Å². The molecule has 2 rings (SSSR count). The minimum Gasteiger partial charge on any atom is -0.468 e. The molecule has 0 spiro atoms. The molecule has 3 amide bonds. The van der Waals surface area contributed by atoms with Gasteiger partial charge in [0.1, 0.15) is 24.7 Å². The average molecular weight is 462 g/mol. The smallest absolute Gasteiger partial charge is 0.408 e. The predicted octanol–water partition coefficient (Wildman–Crippen LogP) is 2.54. The van der Waals surface area contributed by atoms with Gasteiger partial charge in [-0.25, -0.2) is 4.79 Å². The number of alkyl carbamates (subject to hydrolysis) is 1. The molecule has 1 atom stereocenters. The van der Waals surface area contributed by atoms with Gasteiger partial charge in [-0.1, -0.05) is 18.2 Å². The maximum absolute atomic E-state index is 13.4. The average Bonchev–Trinajstić information content (AvgIpc) is 2.68. The second-order valence-electron chi connectivity index (χ2n) is 9.24. The molecule has 9 heteroatoms. The molecular formula is C24H35N3O6. The van der Waals surface area contributed by atoms with E-state index in [2.05, 4.69) is 15.4 Å². The third-order valence-electron chi connectivity index (χ3n) is 5.52. The van der Waals surface area contributed by atoms with Crippen LogP contribution in [0.15, 0.2) is 18.2 Å². The lowest BCUT2D eigenvalue weighted by molar-refractivity contribution is -0.146. The van der Waals surface area contributed by atoms with Gasteiger partial charge in [0.25, 0.3) is 0 Å². The fourth-order valence-electron chi connectivity index (χ4n) is 3.76. The van der Waals surface area contributed by atoms with Crippen LogP contribution in [0.1, 0.15) is 62.8 Å². The number of carbonyl (C=O) groups excluding carboxylic acids is 4. The van der Waals surface area contributed by atoms with Gasteiger partial charge in [-0.3, -0.25) is 14.4 Å². The third kappa shape index (κ3) is 7.20. The van der Waals surface area contributed by atoms with Crippen LogP contribution in [0.5, 0.6) is 0 Å². The number of carbonyl (C=O) groups is 4. The first-order chi connectivity index (χ1) is 15.4. The molecule has 2 N–H and O–H groups in total. The molecule has 0 bridgehead atoms. The Bertz CT molecular complexity index is 868. The van der Waals surface area contributed by atoms with Crippen LogP contribution in [-0.2, 0) is 23.9 Å². The maximum Gasteiger partial charge on any atom is 0.408 e. The Morgan fingerprint density at radius 3 is 2.15 bits per heavy atom. The van der Waals surface area contributed by atoms with Crippen molar-refractivity contribution in [3.8, 4) is 0 Å². The van der Waals surface area contributed by atoms with Crippen molar-refractivity contribution in [1.29, 1.82) is 0 Å². The first kappa shape index (κ1) is 26.2. The van der Waals surface area contributed by atoms with E-state index in [1.54, 1.807) is 25.7 Å². The van der Waals surface area contributed by atoms with Crippen molar-refractivity contribution >= 4 is 23.9 Å². The number of amides is 3. The molecule has 1 aromatic rings. The minimum absolute atomic E-state index is 0.147. The van der Waals surface area contributed by atoms with E-state index in [9.17, 15) is 19.2 Å². The fraction of sp³-hybridized carbons (Fsp3) is 0.583. The van der Waals surface area contributed by atoms with Crippen molar-refractivity contribution in [2.24, 2.45) is 0 Å². The summed E-state index contributed by atoms with van der Waals surface area (Å²) >= 11 is 0. The molecule has 1 aromatic carbocycles. The van der Waals surface area contributed by atoms with Crippen molar-refractivity contribution in [3.63, 3.8) is 0 Å². The summed E-state index contributed by atoms with van der Waals surface area (Å²) in [6, 6.07) is 4.55. The van der Waals surface area contributed by atoms with Crippen molar-refractivity contribution in [2.45, 2.75) is 71.6 Å². The van der Waals surface area contributed by atoms with Gasteiger partial charge in [0.2, 0.25) is 11.8 Å². The van der Waals surface area contributed by atoms with Gasteiger partial charge < -0.3 is 25.0 Å². The molecule has 1 aliphatic carbocycles. The SMILES string of the molecule is COC(=O)CNC(=O)C(c1c(C)cccc1C)N(C(=O)CNC(=O)OC(C)(C)C)C1CCC1. The third-order valence-corrected chi connectivity index (χ3v) is 5.52. The molecule has 1 aliphatic rings. The molecule has 0 saturated heterocycles. The molecule has 1 unspecified atom stereocenters. The van der Waals surface area contributed by atoms with Crippen LogP contribution < -0.4 is 10.6 Å². The standard InChI is InChI=1S/C24H35N3O6/c1-15-9-7-10-16(2)20(15)21(22(30)25-14-19(29)32-6)27(17-11-8-12-17)18(28)13-26-23(31)33-24(3,4)5/h7,9-10,17,21H,8,11-14H2,1-6H3,(H,25,30)(H,26,31). The van der Waals surface area contributed by atoms with Crippen LogP contribution in [0.2, 0.25) is 0 Å². The first-order valence-electron chi connectivity index (χ1n) is 11.1. The van der Waals surface area contributed by atoms with Crippen LogP contribution in [-0.4, -0.2) is 60.6 Å². The lowest BCUT2D eigenvalue weighted by atomic mass is 9.86. The van der Waals surface area contributed by atoms with E-state index in [1.165, 1.54) is 7.11 Å². The zero-order valence-corrected chi connectivity index (χ0v) is 20.3. The number of rotatable bonds is 8. The number of hydrogen-bond acceptors (Lipinski definition) is 6. The van der Waals surface area contributed by atoms with Crippen molar-refractivity contribution < 1.29 is 28.7 Å². The van der Waals surface area contributed by atoms with Gasteiger partial charge in [-0.2, -0.15) is 0 Å². The van der Waals surface area contributed by atoms with E-state index in [4.69, 9.17) is 4.74 Å². The molecule has 33 heavy (non-hydrogen) atoms. The van der Waals surface area contributed by atoms with Gasteiger partial charge in [0.05, 0.1) is 7.11 Å². The number of aryl methyl sites for hydroxylation is 2. The topological polar surface area (TPSA) is 114 Å². The van der Waals surface area contributed by atoms with Crippen LogP contribution in [0.4, 0.5) is 4.79 Å². The second-order valence-corrected chi connectivity index (χ2v) is 9.24. The molecular weight excluding hydrogens is 426 g/mol. The summed E-state index contributed by atoms with van der Waals surface area (Å²) in [6.45, 7) is 8.35.